The van der Waals surface area contributed by atoms with Crippen molar-refractivity contribution in [2.45, 2.75) is 46.1 Å². The maximum atomic E-state index is 11.3. The molecule has 4 rings (SSSR count). The molecule has 170 valence electrons. The molecule has 0 radical (unpaired) electrons. The molecule has 2 aromatic carbocycles. The van der Waals surface area contributed by atoms with E-state index >= 15 is 0 Å². The Bertz CT molecular complexity index is 1200. The normalized spacial score (nSPS) is 17.4. The summed E-state index contributed by atoms with van der Waals surface area (Å²) in [4.78, 5) is 14.1. The Morgan fingerprint density at radius 1 is 1.09 bits per heavy atom. The number of nitrogens with one attached hydrogen (secondary N) is 1. The Morgan fingerprint density at radius 2 is 1.81 bits per heavy atom. The van der Waals surface area contributed by atoms with E-state index in [0.717, 1.165) is 28.0 Å². The summed E-state index contributed by atoms with van der Waals surface area (Å²) in [5.41, 5.74) is 2.64. The minimum atomic E-state index is -0.643. The highest BCUT2D eigenvalue weighted by Gasteiger charge is 2.39. The Balaban J connectivity index is 1.47. The van der Waals surface area contributed by atoms with Gasteiger partial charge in [-0.1, -0.05) is 30.4 Å². The number of benzene rings is 2. The van der Waals surface area contributed by atoms with Crippen LogP contribution in [0.1, 0.15) is 40.5 Å². The van der Waals surface area contributed by atoms with Crippen LogP contribution in [-0.2, 0) is 6.42 Å². The van der Waals surface area contributed by atoms with Crippen molar-refractivity contribution in [3.8, 4) is 28.9 Å². The molecule has 32 heavy (non-hydrogen) atoms. The SMILES string of the molecule is CCC1(COc2ccc(Cc3sc(=O)[nH]c3O)cc2)COc2c(C)c(O)c(C)c(C)c2O1. The predicted octanol–water partition coefficient (Wildman–Crippen LogP) is 4.36. The van der Waals surface area contributed by atoms with Gasteiger partial charge in [0.1, 0.15) is 24.7 Å². The van der Waals surface area contributed by atoms with Gasteiger partial charge in [-0.15, -0.1) is 0 Å². The second-order valence-corrected chi connectivity index (χ2v) is 9.27. The molecule has 3 N–H and O–H groups in total. The average molecular weight is 458 g/mol. The number of ether oxygens (including phenoxy) is 3. The maximum absolute atomic E-state index is 11.3. The topological polar surface area (TPSA) is 101 Å². The van der Waals surface area contributed by atoms with Gasteiger partial charge in [0.2, 0.25) is 5.88 Å². The van der Waals surface area contributed by atoms with Gasteiger partial charge in [-0.3, -0.25) is 9.78 Å². The smallest absolute Gasteiger partial charge is 0.307 e. The molecule has 1 aliphatic heterocycles. The number of fused-ring (bicyclic) bond motifs is 1. The van der Waals surface area contributed by atoms with Crippen molar-refractivity contribution in [2.75, 3.05) is 13.2 Å². The number of thiazole rings is 1. The van der Waals surface area contributed by atoms with Crippen LogP contribution in [0.2, 0.25) is 0 Å². The lowest BCUT2D eigenvalue weighted by Crippen LogP contribution is -2.49. The van der Waals surface area contributed by atoms with Gasteiger partial charge in [-0.2, -0.15) is 0 Å². The minimum absolute atomic E-state index is 0.0750. The summed E-state index contributed by atoms with van der Waals surface area (Å²) in [7, 11) is 0. The zero-order chi connectivity index (χ0) is 23.0. The van der Waals surface area contributed by atoms with Gasteiger partial charge in [0.25, 0.3) is 0 Å². The second kappa shape index (κ2) is 8.43. The molecule has 0 saturated heterocycles. The van der Waals surface area contributed by atoms with Gasteiger partial charge in [-0.05, 0) is 50.5 Å². The third kappa shape index (κ3) is 4.02. The lowest BCUT2D eigenvalue weighted by atomic mass is 9.97. The van der Waals surface area contributed by atoms with Gasteiger partial charge < -0.3 is 24.4 Å². The third-order valence-electron chi connectivity index (χ3n) is 6.09. The molecular weight excluding hydrogens is 430 g/mol. The van der Waals surface area contributed by atoms with Crippen molar-refractivity contribution in [3.63, 3.8) is 0 Å². The molecule has 2 heterocycles. The minimum Gasteiger partial charge on any atom is -0.507 e. The summed E-state index contributed by atoms with van der Waals surface area (Å²) in [5.74, 6) is 2.11. The van der Waals surface area contributed by atoms with E-state index in [-0.39, 0.29) is 16.5 Å². The van der Waals surface area contributed by atoms with E-state index in [4.69, 9.17) is 14.2 Å². The number of phenols is 1. The average Bonchev–Trinajstić information content (AvgIpc) is 3.12. The van der Waals surface area contributed by atoms with Crippen LogP contribution in [0.25, 0.3) is 0 Å². The van der Waals surface area contributed by atoms with E-state index in [9.17, 15) is 15.0 Å². The first-order chi connectivity index (χ1) is 15.2. The summed E-state index contributed by atoms with van der Waals surface area (Å²) < 4.78 is 18.5. The molecule has 0 fully saturated rings. The summed E-state index contributed by atoms with van der Waals surface area (Å²) in [6.07, 6.45) is 1.15. The predicted molar refractivity (Wildman–Crippen MR) is 123 cm³/mol. The number of aromatic hydroxyl groups is 2. The number of rotatable bonds is 6. The number of hydrogen-bond donors (Lipinski definition) is 3. The molecule has 7 nitrogen and oxygen atoms in total. The molecule has 0 amide bonds. The van der Waals surface area contributed by atoms with Crippen LogP contribution in [0.15, 0.2) is 29.1 Å². The van der Waals surface area contributed by atoms with Crippen molar-refractivity contribution in [2.24, 2.45) is 0 Å². The number of phenolic OH excluding ortho intramolecular Hbond substituents is 1. The molecule has 1 aromatic heterocycles. The van der Waals surface area contributed by atoms with Crippen LogP contribution in [0, 0.1) is 20.8 Å². The largest absolute Gasteiger partial charge is 0.507 e. The third-order valence-corrected chi connectivity index (χ3v) is 6.96. The summed E-state index contributed by atoms with van der Waals surface area (Å²) in [6.45, 7) is 8.27. The van der Waals surface area contributed by atoms with E-state index in [1.807, 2.05) is 52.0 Å². The van der Waals surface area contributed by atoms with Crippen LogP contribution < -0.4 is 19.1 Å². The molecule has 1 atom stereocenters. The fourth-order valence-corrected chi connectivity index (χ4v) is 4.50. The summed E-state index contributed by atoms with van der Waals surface area (Å²) >= 11 is 1.00. The van der Waals surface area contributed by atoms with Crippen LogP contribution in [-0.4, -0.2) is 34.0 Å². The zero-order valence-electron chi connectivity index (χ0n) is 18.6. The Morgan fingerprint density at radius 3 is 2.44 bits per heavy atom. The Hall–Kier alpha value is -3.13. The van der Waals surface area contributed by atoms with E-state index in [0.29, 0.717) is 53.7 Å². The second-order valence-electron chi connectivity index (χ2n) is 8.20. The molecule has 8 heteroatoms. The summed E-state index contributed by atoms with van der Waals surface area (Å²) in [6, 6.07) is 7.54. The first-order valence-corrected chi connectivity index (χ1v) is 11.3. The lowest BCUT2D eigenvalue weighted by molar-refractivity contribution is -0.0438. The zero-order valence-corrected chi connectivity index (χ0v) is 19.4. The highest BCUT2D eigenvalue weighted by Crippen LogP contribution is 2.47. The van der Waals surface area contributed by atoms with Crippen molar-refractivity contribution in [1.82, 2.24) is 4.98 Å². The molecular formula is C24H27NO6S. The Kier molecular flexibility index (Phi) is 5.81. The van der Waals surface area contributed by atoms with Crippen LogP contribution >= 0.6 is 11.3 Å². The summed E-state index contributed by atoms with van der Waals surface area (Å²) in [5, 5.41) is 20.1. The van der Waals surface area contributed by atoms with Gasteiger partial charge in [-0.25, -0.2) is 0 Å². The fourth-order valence-electron chi connectivity index (χ4n) is 3.75. The van der Waals surface area contributed by atoms with E-state index < -0.39 is 5.60 Å². The quantitative estimate of drug-likeness (QED) is 0.508. The van der Waals surface area contributed by atoms with E-state index in [2.05, 4.69) is 4.98 Å². The van der Waals surface area contributed by atoms with E-state index in [1.165, 1.54) is 0 Å². The monoisotopic (exact) mass is 457 g/mol. The standard InChI is InChI=1S/C24H27NO6S/c1-5-24(12-30-20-15(4)19(26)13(2)14(3)21(20)31-24)11-29-17-8-6-16(7-9-17)10-18-22(27)25-23(28)32-18/h6-9,26-27H,5,10-12H2,1-4H3,(H,25,28). The maximum Gasteiger partial charge on any atom is 0.307 e. The number of hydrogen-bond acceptors (Lipinski definition) is 7. The molecule has 0 spiro atoms. The Labute approximate surface area is 190 Å². The van der Waals surface area contributed by atoms with Gasteiger partial charge >= 0.3 is 4.87 Å². The van der Waals surface area contributed by atoms with Crippen molar-refractivity contribution in [1.29, 1.82) is 0 Å². The van der Waals surface area contributed by atoms with Crippen molar-refractivity contribution >= 4 is 11.3 Å². The van der Waals surface area contributed by atoms with Crippen molar-refractivity contribution in [3.05, 3.63) is 61.1 Å². The molecule has 3 aromatic rings. The molecule has 1 unspecified atom stereocenters. The molecule has 0 bridgehead atoms. The fraction of sp³-hybridized carbons (Fsp3) is 0.375. The highest BCUT2D eigenvalue weighted by molar-refractivity contribution is 7.09. The van der Waals surface area contributed by atoms with E-state index in [1.54, 1.807) is 0 Å². The molecule has 0 saturated carbocycles. The van der Waals surface area contributed by atoms with Gasteiger partial charge in [0.15, 0.2) is 17.1 Å². The first-order valence-electron chi connectivity index (χ1n) is 10.5. The number of aromatic nitrogens is 1. The molecule has 0 aliphatic carbocycles. The highest BCUT2D eigenvalue weighted by atomic mass is 32.1. The number of aromatic amines is 1. The number of H-pyrrole nitrogens is 1. The van der Waals surface area contributed by atoms with Gasteiger partial charge in [0, 0.05) is 17.5 Å². The van der Waals surface area contributed by atoms with Crippen molar-refractivity contribution < 1.29 is 24.4 Å². The lowest BCUT2D eigenvalue weighted by Gasteiger charge is -2.39. The van der Waals surface area contributed by atoms with Crippen LogP contribution in [0.5, 0.6) is 28.9 Å². The van der Waals surface area contributed by atoms with Crippen LogP contribution in [0.3, 0.4) is 0 Å². The first kappa shape index (κ1) is 22.1. The molecule has 1 aliphatic rings. The van der Waals surface area contributed by atoms with Crippen LogP contribution in [0.4, 0.5) is 0 Å². The van der Waals surface area contributed by atoms with Gasteiger partial charge in [0.05, 0.1) is 4.88 Å².